The summed E-state index contributed by atoms with van der Waals surface area (Å²) >= 11 is 0. The van der Waals surface area contributed by atoms with E-state index in [4.69, 9.17) is 4.74 Å². The van der Waals surface area contributed by atoms with Gasteiger partial charge in [-0.15, -0.1) is 11.8 Å². The maximum atomic E-state index is 11.1. The third kappa shape index (κ3) is 8.92. The standard InChI is InChI=1S/C11H19NO2/c1-5-6-7-8-9-12-10(13)14-11(2,3)4/h7-9H2,1-4H3,(H,12,13). The minimum Gasteiger partial charge on any atom is -0.444 e. The molecule has 0 unspecified atom stereocenters. The van der Waals surface area contributed by atoms with Gasteiger partial charge in [-0.2, -0.15) is 0 Å². The SMILES string of the molecule is CC#CCCCNC(=O)OC(C)(C)C. The van der Waals surface area contributed by atoms with Gasteiger partial charge in [0.15, 0.2) is 0 Å². The Morgan fingerprint density at radius 3 is 2.57 bits per heavy atom. The highest BCUT2D eigenvalue weighted by molar-refractivity contribution is 5.67. The molecule has 1 amide bonds. The molecule has 0 fully saturated rings. The maximum absolute atomic E-state index is 11.1. The minimum absolute atomic E-state index is 0.359. The van der Waals surface area contributed by atoms with Gasteiger partial charge in [0, 0.05) is 13.0 Å². The van der Waals surface area contributed by atoms with E-state index in [9.17, 15) is 4.79 Å². The van der Waals surface area contributed by atoms with Gasteiger partial charge in [0.05, 0.1) is 0 Å². The smallest absolute Gasteiger partial charge is 0.407 e. The number of alkyl carbamates (subject to hydrolysis) is 1. The molecule has 0 spiro atoms. The lowest BCUT2D eigenvalue weighted by Crippen LogP contribution is -2.32. The van der Waals surface area contributed by atoms with Crippen LogP contribution in [0.15, 0.2) is 0 Å². The maximum Gasteiger partial charge on any atom is 0.407 e. The van der Waals surface area contributed by atoms with Crippen LogP contribution in [0.3, 0.4) is 0 Å². The van der Waals surface area contributed by atoms with E-state index in [1.807, 2.05) is 20.8 Å². The number of ether oxygens (including phenoxy) is 1. The zero-order chi connectivity index (χ0) is 11.0. The topological polar surface area (TPSA) is 38.3 Å². The molecule has 0 atom stereocenters. The second kappa shape index (κ2) is 6.31. The Labute approximate surface area is 86.2 Å². The Hall–Kier alpha value is -1.17. The van der Waals surface area contributed by atoms with Crippen molar-refractivity contribution < 1.29 is 9.53 Å². The van der Waals surface area contributed by atoms with Crippen molar-refractivity contribution >= 4 is 6.09 Å². The molecule has 0 saturated carbocycles. The first-order chi connectivity index (χ1) is 6.45. The zero-order valence-electron chi connectivity index (χ0n) is 9.44. The first-order valence-corrected chi connectivity index (χ1v) is 4.82. The number of carbonyl (C=O) groups excluding carboxylic acids is 1. The molecule has 0 heterocycles. The summed E-state index contributed by atoms with van der Waals surface area (Å²) in [5, 5.41) is 2.67. The van der Waals surface area contributed by atoms with E-state index < -0.39 is 5.60 Å². The largest absolute Gasteiger partial charge is 0.444 e. The molecule has 0 aliphatic carbocycles. The highest BCUT2D eigenvalue weighted by Gasteiger charge is 2.15. The molecule has 80 valence electrons. The van der Waals surface area contributed by atoms with Gasteiger partial charge in [-0.3, -0.25) is 0 Å². The third-order valence-electron chi connectivity index (χ3n) is 1.32. The Balaban J connectivity index is 3.49. The van der Waals surface area contributed by atoms with Crippen LogP contribution in [-0.2, 0) is 4.74 Å². The summed E-state index contributed by atoms with van der Waals surface area (Å²) < 4.78 is 5.06. The van der Waals surface area contributed by atoms with Crippen molar-refractivity contribution in [3.63, 3.8) is 0 Å². The van der Waals surface area contributed by atoms with E-state index in [0.717, 1.165) is 12.8 Å². The van der Waals surface area contributed by atoms with Crippen LogP contribution < -0.4 is 5.32 Å². The number of hydrogen-bond donors (Lipinski definition) is 1. The predicted molar refractivity (Wildman–Crippen MR) is 56.9 cm³/mol. The van der Waals surface area contributed by atoms with Gasteiger partial charge < -0.3 is 10.1 Å². The number of nitrogens with one attached hydrogen (secondary N) is 1. The lowest BCUT2D eigenvalue weighted by Gasteiger charge is -2.19. The van der Waals surface area contributed by atoms with Crippen LogP contribution in [0.5, 0.6) is 0 Å². The highest BCUT2D eigenvalue weighted by atomic mass is 16.6. The van der Waals surface area contributed by atoms with Gasteiger partial charge in [0.1, 0.15) is 5.60 Å². The Morgan fingerprint density at radius 2 is 2.07 bits per heavy atom. The third-order valence-corrected chi connectivity index (χ3v) is 1.32. The predicted octanol–water partition coefficient (Wildman–Crippen LogP) is 2.31. The van der Waals surface area contributed by atoms with Gasteiger partial charge >= 0.3 is 6.09 Å². The van der Waals surface area contributed by atoms with E-state index in [1.54, 1.807) is 6.92 Å². The van der Waals surface area contributed by atoms with Crippen LogP contribution >= 0.6 is 0 Å². The van der Waals surface area contributed by atoms with Crippen LogP contribution in [-0.4, -0.2) is 18.2 Å². The monoisotopic (exact) mass is 197 g/mol. The minimum atomic E-state index is -0.423. The molecule has 3 nitrogen and oxygen atoms in total. The molecule has 0 aromatic carbocycles. The van der Waals surface area contributed by atoms with E-state index >= 15 is 0 Å². The molecule has 3 heteroatoms. The van der Waals surface area contributed by atoms with Gasteiger partial charge in [0.25, 0.3) is 0 Å². The van der Waals surface area contributed by atoms with Gasteiger partial charge in [-0.1, -0.05) is 0 Å². The molecule has 0 rings (SSSR count). The lowest BCUT2D eigenvalue weighted by molar-refractivity contribution is 0.0527. The van der Waals surface area contributed by atoms with E-state index in [1.165, 1.54) is 0 Å². The molecule has 1 N–H and O–H groups in total. The number of rotatable bonds is 3. The van der Waals surface area contributed by atoms with Crippen molar-refractivity contribution in [2.45, 2.75) is 46.1 Å². The quantitative estimate of drug-likeness (QED) is 0.557. The molecule has 0 saturated heterocycles. The van der Waals surface area contributed by atoms with Crippen molar-refractivity contribution in [1.29, 1.82) is 0 Å². The number of unbranched alkanes of at least 4 members (excludes halogenated alkanes) is 1. The van der Waals surface area contributed by atoms with Crippen molar-refractivity contribution in [2.24, 2.45) is 0 Å². The van der Waals surface area contributed by atoms with Crippen LogP contribution in [0, 0.1) is 11.8 Å². The average molecular weight is 197 g/mol. The van der Waals surface area contributed by atoms with Crippen molar-refractivity contribution in [3.05, 3.63) is 0 Å². The molecular formula is C11H19NO2. The van der Waals surface area contributed by atoms with Crippen molar-refractivity contribution in [2.75, 3.05) is 6.54 Å². The first-order valence-electron chi connectivity index (χ1n) is 4.82. The summed E-state index contributed by atoms with van der Waals surface area (Å²) in [5.41, 5.74) is -0.423. The second-order valence-electron chi connectivity index (χ2n) is 3.96. The van der Waals surface area contributed by atoms with Crippen LogP contribution in [0.1, 0.15) is 40.5 Å². The van der Waals surface area contributed by atoms with Crippen LogP contribution in [0.2, 0.25) is 0 Å². The molecule has 0 aromatic heterocycles. The molecule has 0 radical (unpaired) electrons. The first kappa shape index (κ1) is 12.8. The fraction of sp³-hybridized carbons (Fsp3) is 0.727. The highest BCUT2D eigenvalue weighted by Crippen LogP contribution is 2.06. The molecule has 0 aliphatic rings. The second-order valence-corrected chi connectivity index (χ2v) is 3.96. The summed E-state index contributed by atoms with van der Waals surface area (Å²) in [5.74, 6) is 5.73. The fourth-order valence-electron chi connectivity index (χ4n) is 0.806. The van der Waals surface area contributed by atoms with Gasteiger partial charge in [-0.05, 0) is 34.1 Å². The number of amides is 1. The van der Waals surface area contributed by atoms with Gasteiger partial charge in [-0.25, -0.2) is 4.79 Å². The van der Waals surface area contributed by atoms with E-state index in [0.29, 0.717) is 6.54 Å². The van der Waals surface area contributed by atoms with Gasteiger partial charge in [0.2, 0.25) is 0 Å². The molecular weight excluding hydrogens is 178 g/mol. The number of hydrogen-bond acceptors (Lipinski definition) is 2. The fourth-order valence-corrected chi connectivity index (χ4v) is 0.806. The van der Waals surface area contributed by atoms with E-state index in [-0.39, 0.29) is 6.09 Å². The Kier molecular flexibility index (Phi) is 5.78. The average Bonchev–Trinajstić information content (AvgIpc) is 2.00. The van der Waals surface area contributed by atoms with Crippen LogP contribution in [0.25, 0.3) is 0 Å². The summed E-state index contributed by atoms with van der Waals surface area (Å²) in [6.45, 7) is 7.95. The Morgan fingerprint density at radius 1 is 1.43 bits per heavy atom. The zero-order valence-corrected chi connectivity index (χ0v) is 9.44. The molecule has 0 aliphatic heterocycles. The van der Waals surface area contributed by atoms with E-state index in [2.05, 4.69) is 17.2 Å². The van der Waals surface area contributed by atoms with Crippen molar-refractivity contribution in [1.82, 2.24) is 5.32 Å². The Bertz CT molecular complexity index is 230. The number of carbonyl (C=O) groups is 1. The summed E-state index contributed by atoms with van der Waals surface area (Å²) in [7, 11) is 0. The lowest BCUT2D eigenvalue weighted by atomic mass is 10.2. The molecule has 14 heavy (non-hydrogen) atoms. The normalized spacial score (nSPS) is 10.0. The molecule has 0 aromatic rings. The molecule has 0 bridgehead atoms. The van der Waals surface area contributed by atoms with Crippen molar-refractivity contribution in [3.8, 4) is 11.8 Å². The summed E-state index contributed by atoms with van der Waals surface area (Å²) in [6.07, 6.45) is 1.31. The summed E-state index contributed by atoms with van der Waals surface area (Å²) in [6, 6.07) is 0. The van der Waals surface area contributed by atoms with Crippen LogP contribution in [0.4, 0.5) is 4.79 Å². The summed E-state index contributed by atoms with van der Waals surface area (Å²) in [4.78, 5) is 11.1.